The monoisotopic (exact) mass is 272 g/mol. The molecule has 0 bridgehead atoms. The summed E-state index contributed by atoms with van der Waals surface area (Å²) in [7, 11) is 1.62. The van der Waals surface area contributed by atoms with Crippen LogP contribution in [0.2, 0.25) is 0 Å². The predicted octanol–water partition coefficient (Wildman–Crippen LogP) is -0.693. The molecule has 0 radical (unpaired) electrons. The number of nitrogens with zero attached hydrogens (tertiary/aromatic N) is 3. The Balaban J connectivity index is 2.33. The molecule has 0 aliphatic carbocycles. The third kappa shape index (κ3) is 4.33. The maximum absolute atomic E-state index is 11.3. The van der Waals surface area contributed by atoms with Crippen LogP contribution in [-0.2, 0) is 11.3 Å². The fourth-order valence-corrected chi connectivity index (χ4v) is 1.09. The molecule has 0 fully saturated rings. The number of carbonyl (C=O) groups is 1. The number of aromatic nitrogens is 2. The third-order valence-electron chi connectivity index (χ3n) is 1.92. The highest BCUT2D eigenvalue weighted by atomic mass is 32.1. The van der Waals surface area contributed by atoms with Crippen LogP contribution in [-0.4, -0.2) is 32.8 Å². The maximum Gasteiger partial charge on any atom is 0.389 e. The summed E-state index contributed by atoms with van der Waals surface area (Å²) in [6, 6.07) is 1.27. The molecule has 1 aromatic heterocycles. The van der Waals surface area contributed by atoms with Crippen LogP contribution in [0, 0.1) is 10.1 Å². The molecule has 0 saturated heterocycles. The molecule has 9 nitrogen and oxygen atoms in total. The maximum atomic E-state index is 11.3. The van der Waals surface area contributed by atoms with Gasteiger partial charge >= 0.3 is 5.82 Å². The first-order chi connectivity index (χ1) is 8.52. The van der Waals surface area contributed by atoms with Crippen molar-refractivity contribution in [1.82, 2.24) is 25.9 Å². The standard InChI is InChI=1S/C8H12N6O3S/c1-9-8(18)11-10-7(15)3-5-13-4-2-6(12-13)14(16)17/h2,4H,3,5H2,1H3,(H,10,15)(H2,9,11,18). The molecule has 0 aromatic carbocycles. The Labute approximate surface area is 108 Å². The number of rotatable bonds is 4. The number of aryl methyl sites for hydroxylation is 1. The molecule has 0 aliphatic rings. The van der Waals surface area contributed by atoms with Gasteiger partial charge in [0.1, 0.15) is 0 Å². The number of hydrogen-bond acceptors (Lipinski definition) is 5. The van der Waals surface area contributed by atoms with Gasteiger partial charge in [0, 0.05) is 13.5 Å². The van der Waals surface area contributed by atoms with Crippen molar-refractivity contribution in [3.63, 3.8) is 0 Å². The number of hydrogen-bond donors (Lipinski definition) is 3. The highest BCUT2D eigenvalue weighted by molar-refractivity contribution is 7.80. The van der Waals surface area contributed by atoms with Crippen LogP contribution in [0.1, 0.15) is 6.42 Å². The highest BCUT2D eigenvalue weighted by Crippen LogP contribution is 2.05. The first-order valence-electron chi connectivity index (χ1n) is 4.97. The van der Waals surface area contributed by atoms with Gasteiger partial charge in [-0.15, -0.1) is 0 Å². The summed E-state index contributed by atoms with van der Waals surface area (Å²) < 4.78 is 1.33. The Morgan fingerprint density at radius 3 is 2.89 bits per heavy atom. The van der Waals surface area contributed by atoms with Gasteiger partial charge < -0.3 is 15.4 Å². The zero-order chi connectivity index (χ0) is 13.5. The second-order valence-electron chi connectivity index (χ2n) is 3.20. The normalized spacial score (nSPS) is 9.61. The molecule has 1 amide bonds. The summed E-state index contributed by atoms with van der Waals surface area (Å²) in [6.07, 6.45) is 1.56. The molecule has 98 valence electrons. The highest BCUT2D eigenvalue weighted by Gasteiger charge is 2.11. The minimum absolute atomic E-state index is 0.123. The smallest absolute Gasteiger partial charge is 0.364 e. The van der Waals surface area contributed by atoms with Gasteiger partial charge in [0.15, 0.2) is 5.11 Å². The summed E-state index contributed by atoms with van der Waals surface area (Å²) >= 11 is 4.75. The predicted molar refractivity (Wildman–Crippen MR) is 66.4 cm³/mol. The van der Waals surface area contributed by atoms with Crippen LogP contribution in [0.5, 0.6) is 0 Å². The fraction of sp³-hybridized carbons (Fsp3) is 0.375. The lowest BCUT2D eigenvalue weighted by atomic mass is 10.4. The van der Waals surface area contributed by atoms with E-state index in [1.54, 1.807) is 7.05 Å². The molecule has 0 saturated carbocycles. The first-order valence-corrected chi connectivity index (χ1v) is 5.38. The van der Waals surface area contributed by atoms with E-state index in [-0.39, 0.29) is 29.8 Å². The molecule has 0 atom stereocenters. The van der Waals surface area contributed by atoms with Crippen molar-refractivity contribution in [1.29, 1.82) is 0 Å². The number of hydrazine groups is 1. The van der Waals surface area contributed by atoms with Gasteiger partial charge in [-0.1, -0.05) is 0 Å². The molecule has 1 aromatic rings. The molecule has 10 heteroatoms. The van der Waals surface area contributed by atoms with E-state index < -0.39 is 4.92 Å². The lowest BCUT2D eigenvalue weighted by molar-refractivity contribution is -0.389. The van der Waals surface area contributed by atoms with Crippen molar-refractivity contribution >= 4 is 29.1 Å². The van der Waals surface area contributed by atoms with E-state index in [1.165, 1.54) is 16.9 Å². The van der Waals surface area contributed by atoms with E-state index in [4.69, 9.17) is 12.2 Å². The number of amides is 1. The second-order valence-corrected chi connectivity index (χ2v) is 3.60. The van der Waals surface area contributed by atoms with Gasteiger partial charge in [0.2, 0.25) is 5.91 Å². The second kappa shape index (κ2) is 6.49. The van der Waals surface area contributed by atoms with Crippen LogP contribution in [0.3, 0.4) is 0 Å². The molecular formula is C8H12N6O3S. The Hall–Kier alpha value is -2.23. The number of nitro groups is 1. The molecule has 1 rings (SSSR count). The van der Waals surface area contributed by atoms with Crippen LogP contribution < -0.4 is 16.2 Å². The van der Waals surface area contributed by atoms with Crippen molar-refractivity contribution in [2.24, 2.45) is 0 Å². The molecular weight excluding hydrogens is 260 g/mol. The van der Waals surface area contributed by atoms with Crippen LogP contribution >= 0.6 is 12.2 Å². The summed E-state index contributed by atoms with van der Waals surface area (Å²) in [5.74, 6) is -0.546. The zero-order valence-corrected chi connectivity index (χ0v) is 10.4. The van der Waals surface area contributed by atoms with Crippen molar-refractivity contribution in [2.75, 3.05) is 7.05 Å². The molecule has 1 heterocycles. The molecule has 0 spiro atoms. The lowest BCUT2D eigenvalue weighted by Crippen LogP contribution is -2.45. The number of nitrogens with one attached hydrogen (secondary N) is 3. The Morgan fingerprint density at radius 2 is 2.33 bits per heavy atom. The van der Waals surface area contributed by atoms with Gasteiger partial charge in [0.25, 0.3) is 0 Å². The van der Waals surface area contributed by atoms with Crippen LogP contribution in [0.25, 0.3) is 0 Å². The first kappa shape index (κ1) is 13.8. The van der Waals surface area contributed by atoms with Crippen molar-refractivity contribution in [2.45, 2.75) is 13.0 Å². The average molecular weight is 272 g/mol. The average Bonchev–Trinajstić information content (AvgIpc) is 2.82. The summed E-state index contributed by atoms with van der Waals surface area (Å²) in [5.41, 5.74) is 4.84. The van der Waals surface area contributed by atoms with E-state index >= 15 is 0 Å². The Bertz CT molecular complexity index is 459. The molecule has 0 unspecified atom stereocenters. The Morgan fingerprint density at radius 1 is 1.61 bits per heavy atom. The minimum atomic E-state index is -0.594. The zero-order valence-electron chi connectivity index (χ0n) is 9.54. The summed E-state index contributed by atoms with van der Waals surface area (Å²) in [4.78, 5) is 21.1. The van der Waals surface area contributed by atoms with E-state index in [9.17, 15) is 14.9 Å². The quantitative estimate of drug-likeness (QED) is 0.377. The molecule has 18 heavy (non-hydrogen) atoms. The SMILES string of the molecule is CNC(=S)NNC(=O)CCn1ccc([N+](=O)[O-])n1. The number of carbonyl (C=O) groups excluding carboxylic acids is 1. The summed E-state index contributed by atoms with van der Waals surface area (Å²) in [5, 5.41) is 17.0. The summed E-state index contributed by atoms with van der Waals surface area (Å²) in [6.45, 7) is 0.244. The lowest BCUT2D eigenvalue weighted by Gasteiger charge is -2.07. The van der Waals surface area contributed by atoms with E-state index in [0.717, 1.165) is 0 Å². The van der Waals surface area contributed by atoms with Gasteiger partial charge in [0.05, 0.1) is 23.9 Å². The van der Waals surface area contributed by atoms with Gasteiger partial charge in [-0.25, -0.2) is 0 Å². The van der Waals surface area contributed by atoms with E-state index in [0.29, 0.717) is 0 Å². The van der Waals surface area contributed by atoms with E-state index in [1.807, 2.05) is 0 Å². The third-order valence-corrected chi connectivity index (χ3v) is 2.23. The topological polar surface area (TPSA) is 114 Å². The van der Waals surface area contributed by atoms with Gasteiger partial charge in [-0.05, 0) is 17.1 Å². The molecule has 0 aliphatic heterocycles. The number of thiocarbonyl (C=S) groups is 1. The van der Waals surface area contributed by atoms with Crippen molar-refractivity contribution in [3.8, 4) is 0 Å². The Kier molecular flexibility index (Phi) is 4.99. The van der Waals surface area contributed by atoms with Gasteiger partial charge in [-0.3, -0.25) is 15.6 Å². The fourth-order valence-electron chi connectivity index (χ4n) is 1.04. The van der Waals surface area contributed by atoms with Crippen molar-refractivity contribution < 1.29 is 9.72 Å². The van der Waals surface area contributed by atoms with Crippen molar-refractivity contribution in [3.05, 3.63) is 22.4 Å². The van der Waals surface area contributed by atoms with Crippen LogP contribution in [0.4, 0.5) is 5.82 Å². The minimum Gasteiger partial charge on any atom is -0.364 e. The van der Waals surface area contributed by atoms with E-state index in [2.05, 4.69) is 21.3 Å². The largest absolute Gasteiger partial charge is 0.389 e. The van der Waals surface area contributed by atoms with Crippen LogP contribution in [0.15, 0.2) is 12.3 Å². The van der Waals surface area contributed by atoms with Gasteiger partial charge in [-0.2, -0.15) is 4.68 Å². The molecule has 3 N–H and O–H groups in total.